The van der Waals surface area contributed by atoms with Gasteiger partial charge in [0.25, 0.3) is 0 Å². The maximum Gasteiger partial charge on any atom is 0.243 e. The van der Waals surface area contributed by atoms with E-state index in [1.807, 2.05) is 6.07 Å². The second kappa shape index (κ2) is 10.5. The van der Waals surface area contributed by atoms with Gasteiger partial charge in [-0.15, -0.1) is 0 Å². The van der Waals surface area contributed by atoms with E-state index in [4.69, 9.17) is 0 Å². The summed E-state index contributed by atoms with van der Waals surface area (Å²) in [7, 11) is -1.34. The van der Waals surface area contributed by atoms with Crippen LogP contribution in [0.5, 0.6) is 0 Å². The van der Waals surface area contributed by atoms with E-state index in [1.54, 1.807) is 28.6 Å². The number of hydrogen-bond acceptors (Lipinski definition) is 6. The molecule has 0 N–H and O–H groups in total. The van der Waals surface area contributed by atoms with Gasteiger partial charge in [0.05, 0.1) is 16.5 Å². The number of hydrogen-bond donors (Lipinski definition) is 0. The number of nitrogens with zero attached hydrogens (tertiary/aromatic N) is 5. The van der Waals surface area contributed by atoms with Crippen LogP contribution >= 0.6 is 15.9 Å². The zero-order valence-corrected chi connectivity index (χ0v) is 21.4. The van der Waals surface area contributed by atoms with Gasteiger partial charge in [0, 0.05) is 62.5 Å². The molecule has 0 aliphatic carbocycles. The summed E-state index contributed by atoms with van der Waals surface area (Å²) < 4.78 is 28.4. The van der Waals surface area contributed by atoms with E-state index >= 15 is 0 Å². The first-order chi connectivity index (χ1) is 15.9. The molecule has 2 saturated heterocycles. The number of rotatable bonds is 5. The molecule has 0 spiro atoms. The van der Waals surface area contributed by atoms with Gasteiger partial charge < -0.3 is 9.80 Å². The lowest BCUT2D eigenvalue weighted by Gasteiger charge is -2.34. The Hall–Kier alpha value is -1.96. The number of nitriles is 1. The van der Waals surface area contributed by atoms with Crippen LogP contribution in [0.2, 0.25) is 0 Å². The molecule has 0 atom stereocenters. The summed E-state index contributed by atoms with van der Waals surface area (Å²) in [5.41, 5.74) is 2.86. The van der Waals surface area contributed by atoms with Gasteiger partial charge in [-0.1, -0.05) is 15.9 Å². The fourth-order valence-electron chi connectivity index (χ4n) is 4.45. The van der Waals surface area contributed by atoms with Crippen LogP contribution < -0.4 is 4.90 Å². The highest BCUT2D eigenvalue weighted by molar-refractivity contribution is 9.10. The van der Waals surface area contributed by atoms with Crippen LogP contribution in [0.4, 0.5) is 5.69 Å². The van der Waals surface area contributed by atoms with E-state index in [2.05, 4.69) is 55.9 Å². The normalized spacial score (nSPS) is 19.2. The van der Waals surface area contributed by atoms with Crippen molar-refractivity contribution in [1.29, 1.82) is 5.26 Å². The Labute approximate surface area is 205 Å². The Bertz CT molecular complexity index is 1110. The fourth-order valence-corrected chi connectivity index (χ4v) is 6.13. The molecule has 2 aliphatic heterocycles. The van der Waals surface area contributed by atoms with Crippen molar-refractivity contribution in [3.8, 4) is 6.07 Å². The van der Waals surface area contributed by atoms with Crippen LogP contribution in [0.1, 0.15) is 17.5 Å². The van der Waals surface area contributed by atoms with Crippen LogP contribution in [-0.4, -0.2) is 81.9 Å². The third-order valence-corrected chi connectivity index (χ3v) is 8.91. The van der Waals surface area contributed by atoms with Gasteiger partial charge in [0.15, 0.2) is 0 Å². The average Bonchev–Trinajstić information content (AvgIpc) is 3.04. The van der Waals surface area contributed by atoms with E-state index in [-0.39, 0.29) is 0 Å². The van der Waals surface area contributed by atoms with Gasteiger partial charge in [0.1, 0.15) is 0 Å². The zero-order valence-electron chi connectivity index (χ0n) is 19.0. The molecule has 4 rings (SSSR count). The predicted octanol–water partition coefficient (Wildman–Crippen LogP) is 2.97. The molecule has 0 bridgehead atoms. The number of sulfonamides is 1. The Kier molecular flexibility index (Phi) is 7.72. The van der Waals surface area contributed by atoms with Crippen molar-refractivity contribution in [3.63, 3.8) is 0 Å². The third-order valence-electron chi connectivity index (χ3n) is 6.47. The van der Waals surface area contributed by atoms with Crippen molar-refractivity contribution in [2.24, 2.45) is 0 Å². The van der Waals surface area contributed by atoms with Crippen LogP contribution in [0.25, 0.3) is 0 Å². The molecule has 2 aromatic carbocycles. The predicted molar refractivity (Wildman–Crippen MR) is 134 cm³/mol. The van der Waals surface area contributed by atoms with Crippen molar-refractivity contribution in [2.75, 3.05) is 64.3 Å². The molecule has 2 aliphatic rings. The smallest absolute Gasteiger partial charge is 0.243 e. The van der Waals surface area contributed by atoms with Crippen molar-refractivity contribution >= 4 is 31.6 Å². The van der Waals surface area contributed by atoms with Crippen LogP contribution in [0, 0.1) is 11.3 Å². The molecular formula is C24H30BrN5O2S. The Morgan fingerprint density at radius 1 is 0.939 bits per heavy atom. The number of anilines is 1. The molecule has 9 heteroatoms. The van der Waals surface area contributed by atoms with Crippen molar-refractivity contribution in [2.45, 2.75) is 17.9 Å². The number of likely N-dealkylation sites (N-methyl/N-ethyl adjacent to an activating group) is 1. The minimum atomic E-state index is -3.49. The lowest BCUT2D eigenvalue weighted by Crippen LogP contribution is -2.48. The van der Waals surface area contributed by atoms with Gasteiger partial charge in [0.2, 0.25) is 10.0 Å². The molecular weight excluding hydrogens is 502 g/mol. The summed E-state index contributed by atoms with van der Waals surface area (Å²) in [6.07, 6.45) is 1.13. The molecule has 7 nitrogen and oxygen atoms in total. The molecule has 0 unspecified atom stereocenters. The average molecular weight is 533 g/mol. The minimum Gasteiger partial charge on any atom is -0.370 e. The molecule has 2 aromatic rings. The zero-order chi connectivity index (χ0) is 23.4. The third kappa shape index (κ3) is 5.76. The van der Waals surface area contributed by atoms with Crippen molar-refractivity contribution < 1.29 is 8.42 Å². The van der Waals surface area contributed by atoms with Gasteiger partial charge in [-0.25, -0.2) is 8.42 Å². The Morgan fingerprint density at radius 3 is 2.36 bits per heavy atom. The van der Waals surface area contributed by atoms with Gasteiger partial charge in [-0.05, 0) is 68.0 Å². The molecule has 0 amide bonds. The first-order valence-corrected chi connectivity index (χ1v) is 13.5. The summed E-state index contributed by atoms with van der Waals surface area (Å²) in [6, 6.07) is 15.2. The summed E-state index contributed by atoms with van der Waals surface area (Å²) in [4.78, 5) is 7.31. The number of benzene rings is 2. The highest BCUT2D eigenvalue weighted by Crippen LogP contribution is 2.24. The number of piperazine rings is 1. The van der Waals surface area contributed by atoms with E-state index in [0.717, 1.165) is 48.3 Å². The second-order valence-electron chi connectivity index (χ2n) is 8.73. The van der Waals surface area contributed by atoms with Crippen LogP contribution in [-0.2, 0) is 16.6 Å². The monoisotopic (exact) mass is 531 g/mol. The van der Waals surface area contributed by atoms with Gasteiger partial charge in [-0.3, -0.25) is 4.90 Å². The number of halogens is 1. The van der Waals surface area contributed by atoms with Crippen LogP contribution in [0.15, 0.2) is 51.8 Å². The summed E-state index contributed by atoms with van der Waals surface area (Å²) in [6.45, 7) is 6.94. The molecule has 0 aromatic heterocycles. The minimum absolute atomic E-state index is 0.321. The topological polar surface area (TPSA) is 70.9 Å². The lowest BCUT2D eigenvalue weighted by molar-refractivity contribution is 0.181. The fraction of sp³-hybridized carbons (Fsp3) is 0.458. The summed E-state index contributed by atoms with van der Waals surface area (Å²) in [5.74, 6) is 0. The molecule has 2 fully saturated rings. The maximum absolute atomic E-state index is 13.0. The SMILES string of the molecule is CN1CCCN(c2ccc(C#N)c(CN3CCN(S(=O)(=O)c4ccc(Br)cc4)CC3)c2)CC1. The first kappa shape index (κ1) is 24.2. The Balaban J connectivity index is 1.42. The lowest BCUT2D eigenvalue weighted by atomic mass is 10.1. The molecule has 176 valence electrons. The molecule has 0 saturated carbocycles. The quantitative estimate of drug-likeness (QED) is 0.590. The molecule has 33 heavy (non-hydrogen) atoms. The van der Waals surface area contributed by atoms with Gasteiger partial charge in [-0.2, -0.15) is 9.57 Å². The molecule has 2 heterocycles. The summed E-state index contributed by atoms with van der Waals surface area (Å²) >= 11 is 3.35. The van der Waals surface area contributed by atoms with E-state index in [1.165, 1.54) is 0 Å². The van der Waals surface area contributed by atoms with Crippen LogP contribution in [0.3, 0.4) is 0 Å². The van der Waals surface area contributed by atoms with Crippen molar-refractivity contribution in [3.05, 3.63) is 58.1 Å². The van der Waals surface area contributed by atoms with E-state index in [0.29, 0.717) is 43.2 Å². The first-order valence-electron chi connectivity index (χ1n) is 11.3. The summed E-state index contributed by atoms with van der Waals surface area (Å²) in [5, 5.41) is 9.64. The second-order valence-corrected chi connectivity index (χ2v) is 11.6. The highest BCUT2D eigenvalue weighted by Gasteiger charge is 2.28. The maximum atomic E-state index is 13.0. The van der Waals surface area contributed by atoms with E-state index in [9.17, 15) is 13.7 Å². The molecule has 0 radical (unpaired) electrons. The largest absolute Gasteiger partial charge is 0.370 e. The standard InChI is InChI=1S/C24H30BrN5O2S/c1-27-9-2-10-29(14-11-27)23-6-3-20(18-26)21(17-23)19-28-12-15-30(16-13-28)33(31,32)24-7-4-22(25)5-8-24/h3-8,17H,2,9-16,19H2,1H3. The highest BCUT2D eigenvalue weighted by atomic mass is 79.9. The van der Waals surface area contributed by atoms with Crippen molar-refractivity contribution in [1.82, 2.24) is 14.1 Å². The van der Waals surface area contributed by atoms with Gasteiger partial charge >= 0.3 is 0 Å². The Morgan fingerprint density at radius 2 is 1.67 bits per heavy atom. The van der Waals surface area contributed by atoms with E-state index < -0.39 is 10.0 Å².